The number of nitrogens with one attached hydrogen (secondary N) is 1. The summed E-state index contributed by atoms with van der Waals surface area (Å²) >= 11 is 1.52. The van der Waals surface area contributed by atoms with Gasteiger partial charge in [-0.2, -0.15) is 0 Å². The number of hydrogen-bond donors (Lipinski definition) is 2. The molecule has 0 aliphatic carbocycles. The van der Waals surface area contributed by atoms with E-state index in [1.54, 1.807) is 19.2 Å². The molecule has 0 aromatic heterocycles. The fraction of sp³-hybridized carbons (Fsp3) is 0.133. The van der Waals surface area contributed by atoms with Crippen molar-refractivity contribution in [3.05, 3.63) is 59.4 Å². The minimum Gasteiger partial charge on any atom is -0.497 e. The third kappa shape index (κ3) is 3.30. The van der Waals surface area contributed by atoms with Gasteiger partial charge in [-0.25, -0.2) is 4.39 Å². The molecule has 0 amide bonds. The van der Waals surface area contributed by atoms with E-state index in [1.165, 1.54) is 17.8 Å². The van der Waals surface area contributed by atoms with Gasteiger partial charge >= 0.3 is 0 Å². The van der Waals surface area contributed by atoms with Crippen LogP contribution in [0, 0.1) is 11.2 Å². The predicted octanol–water partition coefficient (Wildman–Crippen LogP) is 3.41. The van der Waals surface area contributed by atoms with Crippen molar-refractivity contribution in [2.24, 2.45) is 5.73 Å². The lowest BCUT2D eigenvalue weighted by Crippen LogP contribution is -2.14. The molecular weight excluding hydrogens is 275 g/mol. The highest BCUT2D eigenvalue weighted by atomic mass is 32.2. The average molecular weight is 290 g/mol. The van der Waals surface area contributed by atoms with Gasteiger partial charge in [-0.3, -0.25) is 5.41 Å². The van der Waals surface area contributed by atoms with Crippen LogP contribution in [0.3, 0.4) is 0 Å². The first-order chi connectivity index (χ1) is 9.61. The van der Waals surface area contributed by atoms with Crippen LogP contribution in [0.25, 0.3) is 0 Å². The van der Waals surface area contributed by atoms with Crippen molar-refractivity contribution in [1.82, 2.24) is 0 Å². The van der Waals surface area contributed by atoms with Crippen molar-refractivity contribution in [1.29, 1.82) is 5.41 Å². The Morgan fingerprint density at radius 2 is 1.95 bits per heavy atom. The Kier molecular flexibility index (Phi) is 4.63. The first kappa shape index (κ1) is 14.4. The van der Waals surface area contributed by atoms with Crippen molar-refractivity contribution in [3.8, 4) is 5.75 Å². The average Bonchev–Trinajstić information content (AvgIpc) is 2.46. The van der Waals surface area contributed by atoms with Gasteiger partial charge in [0.05, 0.1) is 12.7 Å². The highest BCUT2D eigenvalue weighted by molar-refractivity contribution is 7.98. The molecule has 0 radical (unpaired) electrons. The summed E-state index contributed by atoms with van der Waals surface area (Å²) in [6.45, 7) is 0. The van der Waals surface area contributed by atoms with Gasteiger partial charge in [0.15, 0.2) is 0 Å². The smallest absolute Gasteiger partial charge is 0.138 e. The van der Waals surface area contributed by atoms with Crippen molar-refractivity contribution in [2.45, 2.75) is 10.6 Å². The second-order valence-electron chi connectivity index (χ2n) is 4.16. The van der Waals surface area contributed by atoms with E-state index in [2.05, 4.69) is 0 Å². The molecule has 2 aromatic carbocycles. The molecule has 3 nitrogen and oxygen atoms in total. The largest absolute Gasteiger partial charge is 0.497 e. The van der Waals surface area contributed by atoms with Gasteiger partial charge in [0.25, 0.3) is 0 Å². The van der Waals surface area contributed by atoms with Gasteiger partial charge in [-0.05, 0) is 35.9 Å². The number of methoxy groups -OCH3 is 1. The van der Waals surface area contributed by atoms with Crippen LogP contribution in [-0.2, 0) is 5.75 Å². The maximum absolute atomic E-state index is 14.1. The van der Waals surface area contributed by atoms with Crippen LogP contribution in [-0.4, -0.2) is 12.9 Å². The summed E-state index contributed by atoms with van der Waals surface area (Å²) in [5.74, 6) is 0.609. The molecule has 0 aliphatic rings. The van der Waals surface area contributed by atoms with Crippen LogP contribution in [0.2, 0.25) is 0 Å². The molecule has 2 aromatic rings. The minimum atomic E-state index is -0.416. The van der Waals surface area contributed by atoms with E-state index in [0.717, 1.165) is 10.6 Å². The van der Waals surface area contributed by atoms with Crippen LogP contribution < -0.4 is 10.5 Å². The predicted molar refractivity (Wildman–Crippen MR) is 80.0 cm³/mol. The Labute approximate surface area is 121 Å². The quantitative estimate of drug-likeness (QED) is 0.504. The number of halogens is 1. The number of amidine groups is 1. The molecule has 0 aliphatic heterocycles. The Hall–Kier alpha value is -2.01. The molecule has 2 rings (SSSR count). The Morgan fingerprint density at radius 3 is 2.55 bits per heavy atom. The van der Waals surface area contributed by atoms with Gasteiger partial charge in [-0.1, -0.05) is 12.1 Å². The summed E-state index contributed by atoms with van der Waals surface area (Å²) in [7, 11) is 1.62. The third-order valence-electron chi connectivity index (χ3n) is 2.82. The van der Waals surface area contributed by atoms with Crippen LogP contribution >= 0.6 is 11.8 Å². The maximum Gasteiger partial charge on any atom is 0.138 e. The lowest BCUT2D eigenvalue weighted by atomic mass is 10.1. The summed E-state index contributed by atoms with van der Waals surface area (Å²) in [6.07, 6.45) is 0. The molecule has 104 valence electrons. The number of rotatable bonds is 5. The standard InChI is InChI=1S/C15H15FN2OS/c1-19-11-5-7-12(8-6-11)20-9-10-3-2-4-13(14(10)16)15(17)18/h2-8H,9H2,1H3,(H3,17,18). The summed E-state index contributed by atoms with van der Waals surface area (Å²) in [5, 5.41) is 7.33. The Balaban J connectivity index is 2.10. The van der Waals surface area contributed by atoms with Crippen LogP contribution in [0.4, 0.5) is 4.39 Å². The van der Waals surface area contributed by atoms with Crippen LogP contribution in [0.1, 0.15) is 11.1 Å². The molecule has 0 heterocycles. The minimum absolute atomic E-state index is 0.151. The van der Waals surface area contributed by atoms with Gasteiger partial charge in [0.2, 0.25) is 0 Å². The van der Waals surface area contributed by atoms with E-state index in [4.69, 9.17) is 15.9 Å². The molecular formula is C15H15FN2OS. The highest BCUT2D eigenvalue weighted by Crippen LogP contribution is 2.26. The number of nitrogen functional groups attached to an aromatic ring is 1. The van der Waals surface area contributed by atoms with Gasteiger partial charge in [0.1, 0.15) is 17.4 Å². The molecule has 0 saturated carbocycles. The molecule has 0 fully saturated rings. The van der Waals surface area contributed by atoms with Gasteiger partial charge in [-0.15, -0.1) is 11.8 Å². The first-order valence-corrected chi connectivity index (χ1v) is 6.99. The summed E-state index contributed by atoms with van der Waals surface area (Å²) in [5.41, 5.74) is 6.04. The third-order valence-corrected chi connectivity index (χ3v) is 3.88. The molecule has 0 atom stereocenters. The van der Waals surface area contributed by atoms with Crippen molar-refractivity contribution in [3.63, 3.8) is 0 Å². The maximum atomic E-state index is 14.1. The summed E-state index contributed by atoms with van der Waals surface area (Å²) < 4.78 is 19.2. The number of thioether (sulfide) groups is 1. The number of nitrogens with two attached hydrogens (primary N) is 1. The monoisotopic (exact) mass is 290 g/mol. The van der Waals surface area contributed by atoms with Gasteiger partial charge < -0.3 is 10.5 Å². The molecule has 5 heteroatoms. The van der Waals surface area contributed by atoms with Crippen molar-refractivity contribution < 1.29 is 9.13 Å². The van der Waals surface area contributed by atoms with Gasteiger partial charge in [0, 0.05) is 10.6 Å². The van der Waals surface area contributed by atoms with E-state index in [0.29, 0.717) is 11.3 Å². The molecule has 0 saturated heterocycles. The van der Waals surface area contributed by atoms with Crippen molar-refractivity contribution >= 4 is 17.6 Å². The molecule has 3 N–H and O–H groups in total. The van der Waals surface area contributed by atoms with E-state index in [-0.39, 0.29) is 11.4 Å². The second kappa shape index (κ2) is 6.43. The fourth-order valence-electron chi connectivity index (χ4n) is 1.73. The Bertz CT molecular complexity index is 614. The van der Waals surface area contributed by atoms with E-state index in [1.807, 2.05) is 24.3 Å². The van der Waals surface area contributed by atoms with E-state index < -0.39 is 5.82 Å². The fourth-order valence-corrected chi connectivity index (χ4v) is 2.61. The molecule has 20 heavy (non-hydrogen) atoms. The zero-order valence-electron chi connectivity index (χ0n) is 11.0. The van der Waals surface area contributed by atoms with E-state index in [9.17, 15) is 4.39 Å². The van der Waals surface area contributed by atoms with Crippen LogP contribution in [0.5, 0.6) is 5.75 Å². The number of hydrogen-bond acceptors (Lipinski definition) is 3. The summed E-state index contributed by atoms with van der Waals surface area (Å²) in [6, 6.07) is 12.5. The zero-order chi connectivity index (χ0) is 14.5. The number of ether oxygens (including phenoxy) is 1. The SMILES string of the molecule is COc1ccc(SCc2cccc(C(=N)N)c2F)cc1. The molecule has 0 spiro atoms. The van der Waals surface area contributed by atoms with E-state index >= 15 is 0 Å². The summed E-state index contributed by atoms with van der Waals surface area (Å²) in [4.78, 5) is 1.03. The van der Waals surface area contributed by atoms with Crippen molar-refractivity contribution in [2.75, 3.05) is 7.11 Å². The number of benzene rings is 2. The molecule has 0 bridgehead atoms. The topological polar surface area (TPSA) is 59.1 Å². The lowest BCUT2D eigenvalue weighted by molar-refractivity contribution is 0.414. The normalized spacial score (nSPS) is 10.3. The second-order valence-corrected chi connectivity index (χ2v) is 5.21. The van der Waals surface area contributed by atoms with Crippen LogP contribution in [0.15, 0.2) is 47.4 Å². The molecule has 0 unspecified atom stereocenters. The first-order valence-electron chi connectivity index (χ1n) is 6.00. The zero-order valence-corrected chi connectivity index (χ0v) is 11.8. The Morgan fingerprint density at radius 1 is 1.25 bits per heavy atom. The lowest BCUT2D eigenvalue weighted by Gasteiger charge is -2.07. The highest BCUT2D eigenvalue weighted by Gasteiger charge is 2.10.